The molecule has 8 heteroatoms. The van der Waals surface area contributed by atoms with Gasteiger partial charge in [0.25, 0.3) is 0 Å². The van der Waals surface area contributed by atoms with Crippen molar-refractivity contribution in [1.82, 2.24) is 14.6 Å². The molecular weight excluding hydrogens is 282 g/mol. The molecule has 19 heavy (non-hydrogen) atoms. The molecule has 2 heterocycles. The van der Waals surface area contributed by atoms with E-state index in [1.165, 1.54) is 30.5 Å². The average Bonchev–Trinajstić information content (AvgIpc) is 2.86. The van der Waals surface area contributed by atoms with Gasteiger partial charge in [-0.25, -0.2) is 13.9 Å². The molecule has 0 aliphatic heterocycles. The lowest BCUT2D eigenvalue weighted by atomic mass is 10.2. The minimum atomic E-state index is -4.47. The van der Waals surface area contributed by atoms with Crippen LogP contribution in [-0.4, -0.2) is 14.6 Å². The summed E-state index contributed by atoms with van der Waals surface area (Å²) in [4.78, 5) is 4.19. The molecule has 0 atom stereocenters. The van der Waals surface area contributed by atoms with E-state index in [0.29, 0.717) is 22.6 Å². The van der Waals surface area contributed by atoms with Crippen LogP contribution in [0.4, 0.5) is 17.6 Å². The topological polar surface area (TPSA) is 30.2 Å². The van der Waals surface area contributed by atoms with Crippen LogP contribution in [0.5, 0.6) is 0 Å². The Morgan fingerprint density at radius 3 is 2.37 bits per heavy atom. The standard InChI is InChI=1S/C11H5F4N3S/c12-7-3-1-6(2-4-7)8-5-18-10(16-8)19-9(17-18)11(13,14)15/h1-5H. The van der Waals surface area contributed by atoms with Crippen LogP contribution in [0.25, 0.3) is 16.2 Å². The third kappa shape index (κ3) is 2.19. The monoisotopic (exact) mass is 287 g/mol. The fourth-order valence-corrected chi connectivity index (χ4v) is 2.32. The van der Waals surface area contributed by atoms with E-state index in [9.17, 15) is 17.6 Å². The Balaban J connectivity index is 2.03. The molecule has 0 unspecified atom stereocenters. The predicted octanol–water partition coefficient (Wildman–Crippen LogP) is 3.62. The number of imidazole rings is 1. The smallest absolute Gasteiger partial charge is 0.217 e. The molecule has 0 fully saturated rings. The second-order valence-corrected chi connectivity index (χ2v) is 4.72. The first kappa shape index (κ1) is 12.1. The number of aromatic nitrogens is 3. The Kier molecular flexibility index (Phi) is 2.56. The van der Waals surface area contributed by atoms with Gasteiger partial charge in [0, 0.05) is 5.56 Å². The summed E-state index contributed by atoms with van der Waals surface area (Å²) in [6, 6.07) is 5.54. The summed E-state index contributed by atoms with van der Waals surface area (Å²) < 4.78 is 51.2. The van der Waals surface area contributed by atoms with Gasteiger partial charge in [0.05, 0.1) is 11.9 Å². The van der Waals surface area contributed by atoms with Gasteiger partial charge in [0.2, 0.25) is 9.97 Å². The highest BCUT2D eigenvalue weighted by atomic mass is 32.1. The van der Waals surface area contributed by atoms with Crippen molar-refractivity contribution >= 4 is 16.3 Å². The molecule has 0 amide bonds. The van der Waals surface area contributed by atoms with Gasteiger partial charge in [0.15, 0.2) is 0 Å². The second kappa shape index (κ2) is 4.02. The number of hydrogen-bond acceptors (Lipinski definition) is 3. The lowest BCUT2D eigenvalue weighted by molar-refractivity contribution is -0.138. The highest BCUT2D eigenvalue weighted by Gasteiger charge is 2.35. The third-order valence-corrected chi connectivity index (χ3v) is 3.39. The second-order valence-electron chi connectivity index (χ2n) is 3.77. The van der Waals surface area contributed by atoms with E-state index in [1.807, 2.05) is 0 Å². The number of rotatable bonds is 1. The SMILES string of the molecule is Fc1ccc(-c2cn3nc(C(F)(F)F)sc3n2)cc1. The highest BCUT2D eigenvalue weighted by molar-refractivity contribution is 7.16. The molecular formula is C11H5F4N3S. The number of halogens is 4. The van der Waals surface area contributed by atoms with Crippen LogP contribution in [0.3, 0.4) is 0 Å². The molecule has 3 aromatic rings. The molecule has 0 N–H and O–H groups in total. The maximum absolute atomic E-state index is 12.8. The van der Waals surface area contributed by atoms with Crippen molar-refractivity contribution in [3.63, 3.8) is 0 Å². The van der Waals surface area contributed by atoms with Crippen LogP contribution < -0.4 is 0 Å². The lowest BCUT2D eigenvalue weighted by Crippen LogP contribution is -2.04. The maximum atomic E-state index is 12.8. The lowest BCUT2D eigenvalue weighted by Gasteiger charge is -1.98. The van der Waals surface area contributed by atoms with Gasteiger partial charge >= 0.3 is 6.18 Å². The van der Waals surface area contributed by atoms with Crippen molar-refractivity contribution in [2.75, 3.05) is 0 Å². The van der Waals surface area contributed by atoms with Gasteiger partial charge in [-0.1, -0.05) is 11.3 Å². The van der Waals surface area contributed by atoms with Crippen molar-refractivity contribution in [1.29, 1.82) is 0 Å². The van der Waals surface area contributed by atoms with Gasteiger partial charge < -0.3 is 0 Å². The van der Waals surface area contributed by atoms with E-state index in [-0.39, 0.29) is 10.8 Å². The van der Waals surface area contributed by atoms with Crippen LogP contribution in [0.1, 0.15) is 5.01 Å². The van der Waals surface area contributed by atoms with Crippen molar-refractivity contribution < 1.29 is 17.6 Å². The number of hydrogen-bond donors (Lipinski definition) is 0. The molecule has 0 saturated heterocycles. The predicted molar refractivity (Wildman–Crippen MR) is 61.3 cm³/mol. The van der Waals surface area contributed by atoms with Crippen molar-refractivity contribution in [3.8, 4) is 11.3 Å². The number of benzene rings is 1. The van der Waals surface area contributed by atoms with Crippen molar-refractivity contribution in [2.45, 2.75) is 6.18 Å². The summed E-state index contributed by atoms with van der Waals surface area (Å²) >= 11 is 0.465. The van der Waals surface area contributed by atoms with Crippen LogP contribution >= 0.6 is 11.3 Å². The van der Waals surface area contributed by atoms with E-state index in [2.05, 4.69) is 10.1 Å². The largest absolute Gasteiger partial charge is 0.445 e. The van der Waals surface area contributed by atoms with Gasteiger partial charge in [-0.05, 0) is 24.3 Å². The zero-order valence-electron chi connectivity index (χ0n) is 9.15. The normalized spacial score (nSPS) is 12.2. The minimum Gasteiger partial charge on any atom is -0.217 e. The summed E-state index contributed by atoms with van der Waals surface area (Å²) in [6.07, 6.45) is -3.09. The van der Waals surface area contributed by atoms with Crippen LogP contribution in [0.2, 0.25) is 0 Å². The quantitative estimate of drug-likeness (QED) is 0.640. The zero-order chi connectivity index (χ0) is 13.6. The Bertz CT molecular complexity index is 695. The van der Waals surface area contributed by atoms with Gasteiger partial charge in [-0.15, -0.1) is 5.10 Å². The molecule has 98 valence electrons. The molecule has 0 radical (unpaired) electrons. The first-order valence-electron chi connectivity index (χ1n) is 5.13. The summed E-state index contributed by atoms with van der Waals surface area (Å²) in [5.41, 5.74) is 1.07. The molecule has 1 aromatic carbocycles. The van der Waals surface area contributed by atoms with E-state index in [1.54, 1.807) is 0 Å². The molecule has 0 aliphatic rings. The highest BCUT2D eigenvalue weighted by Crippen LogP contribution is 2.33. The number of nitrogens with zero attached hydrogens (tertiary/aromatic N) is 3. The fourth-order valence-electron chi connectivity index (χ4n) is 1.57. The molecule has 0 saturated carbocycles. The minimum absolute atomic E-state index is 0.145. The van der Waals surface area contributed by atoms with Crippen LogP contribution in [-0.2, 0) is 6.18 Å². The molecule has 0 spiro atoms. The number of alkyl halides is 3. The van der Waals surface area contributed by atoms with Gasteiger partial charge in [-0.2, -0.15) is 13.2 Å². The summed E-state index contributed by atoms with van der Waals surface area (Å²) in [5.74, 6) is -0.387. The Labute approximate surface area is 108 Å². The van der Waals surface area contributed by atoms with E-state index < -0.39 is 11.2 Å². The summed E-state index contributed by atoms with van der Waals surface area (Å²) in [6.45, 7) is 0. The average molecular weight is 287 g/mol. The Morgan fingerprint density at radius 2 is 1.79 bits per heavy atom. The molecule has 0 aliphatic carbocycles. The molecule has 3 rings (SSSR count). The fraction of sp³-hybridized carbons (Fsp3) is 0.0909. The summed E-state index contributed by atoms with van der Waals surface area (Å²) in [7, 11) is 0. The van der Waals surface area contributed by atoms with Crippen LogP contribution in [0, 0.1) is 5.82 Å². The van der Waals surface area contributed by atoms with Crippen LogP contribution in [0.15, 0.2) is 30.5 Å². The molecule has 2 aromatic heterocycles. The van der Waals surface area contributed by atoms with Gasteiger partial charge in [-0.3, -0.25) is 0 Å². The molecule has 0 bridgehead atoms. The number of fused-ring (bicyclic) bond motifs is 1. The van der Waals surface area contributed by atoms with Crippen molar-refractivity contribution in [3.05, 3.63) is 41.3 Å². The third-order valence-electron chi connectivity index (χ3n) is 2.43. The Morgan fingerprint density at radius 1 is 1.11 bits per heavy atom. The van der Waals surface area contributed by atoms with E-state index in [4.69, 9.17) is 0 Å². The first-order chi connectivity index (χ1) is 8.93. The van der Waals surface area contributed by atoms with E-state index in [0.717, 1.165) is 4.52 Å². The maximum Gasteiger partial charge on any atom is 0.445 e. The first-order valence-corrected chi connectivity index (χ1v) is 5.94. The van der Waals surface area contributed by atoms with Crippen molar-refractivity contribution in [2.24, 2.45) is 0 Å². The molecule has 3 nitrogen and oxygen atoms in total. The van der Waals surface area contributed by atoms with Gasteiger partial charge in [0.1, 0.15) is 5.82 Å². The summed E-state index contributed by atoms with van der Waals surface area (Å²) in [5, 5.41) is 2.48. The van der Waals surface area contributed by atoms with E-state index >= 15 is 0 Å². The zero-order valence-corrected chi connectivity index (χ0v) is 9.96. The Hall–Kier alpha value is -1.96.